The summed E-state index contributed by atoms with van der Waals surface area (Å²) < 4.78 is 32.5. The molecule has 0 aliphatic rings. The summed E-state index contributed by atoms with van der Waals surface area (Å²) in [6, 6.07) is 5.47. The molecule has 0 fully saturated rings. The van der Waals surface area contributed by atoms with E-state index in [-0.39, 0.29) is 82.5 Å². The van der Waals surface area contributed by atoms with E-state index in [1.165, 1.54) is 24.3 Å². The van der Waals surface area contributed by atoms with Crippen LogP contribution in [0, 0.1) is 0 Å². The fourth-order valence-electron chi connectivity index (χ4n) is 1.80. The molecule has 0 saturated heterocycles. The molecule has 128 valence electrons. The molecule has 2 aromatic rings. The number of rotatable bonds is 5. The Morgan fingerprint density at radius 2 is 1.36 bits per heavy atom. The van der Waals surface area contributed by atoms with Crippen LogP contribution in [-0.2, 0) is 9.84 Å². The molecule has 0 radical (unpaired) electrons. The Kier molecular flexibility index (Phi) is 9.90. The van der Waals surface area contributed by atoms with Gasteiger partial charge < -0.3 is 9.84 Å². The Labute approximate surface area is 222 Å². The molecule has 10 heteroatoms. The van der Waals surface area contributed by atoms with Crippen molar-refractivity contribution in [1.82, 2.24) is 0 Å². The van der Waals surface area contributed by atoms with Crippen molar-refractivity contribution in [1.29, 1.82) is 0 Å². The van der Waals surface area contributed by atoms with Gasteiger partial charge in [0, 0.05) is 8.95 Å². The van der Waals surface area contributed by atoms with Crippen molar-refractivity contribution >= 4 is 73.6 Å². The van der Waals surface area contributed by atoms with Crippen molar-refractivity contribution in [3.05, 3.63) is 54.8 Å². The van der Waals surface area contributed by atoms with E-state index in [1.54, 1.807) is 6.08 Å². The number of benzene rings is 2. The summed E-state index contributed by atoms with van der Waals surface area (Å²) in [4.78, 5) is 0.0593. The molecule has 0 saturated carbocycles. The fourth-order valence-corrected chi connectivity index (χ4v) is 6.37. The first-order valence-electron chi connectivity index (χ1n) is 6.32. The summed E-state index contributed by atoms with van der Waals surface area (Å²) in [5.74, 6) is 0.163. The van der Waals surface area contributed by atoms with Crippen molar-refractivity contribution in [2.75, 3.05) is 6.61 Å². The fraction of sp³-hybridized carbons (Fsp3) is 0.0667. The van der Waals surface area contributed by atoms with Crippen LogP contribution < -0.4 is 61.2 Å². The van der Waals surface area contributed by atoms with Gasteiger partial charge in [-0.1, -0.05) is 50.3 Å². The van der Waals surface area contributed by atoms with Gasteiger partial charge in [0.1, 0.15) is 12.4 Å². The van der Waals surface area contributed by atoms with Gasteiger partial charge in [0.25, 0.3) is 0 Å². The second kappa shape index (κ2) is 10.2. The Balaban J connectivity index is 0.00000312. The van der Waals surface area contributed by atoms with Crippen molar-refractivity contribution in [2.45, 2.75) is 9.79 Å². The number of sulfone groups is 1. The SMILES string of the molecule is C=CCOc1c(Br)cc(S(=O)(=O)c2cc(Br)c([O-])c(Br)c2)cc1Br.[K+]. The predicted octanol–water partition coefficient (Wildman–Crippen LogP) is 2.21. The summed E-state index contributed by atoms with van der Waals surface area (Å²) in [6.07, 6.45) is 1.59. The van der Waals surface area contributed by atoms with Crippen LogP contribution in [0.15, 0.2) is 64.6 Å². The van der Waals surface area contributed by atoms with E-state index in [1.807, 2.05) is 0 Å². The maximum Gasteiger partial charge on any atom is 1.00 e. The number of hydrogen-bond acceptors (Lipinski definition) is 4. The zero-order valence-corrected chi connectivity index (χ0v) is 23.1. The molecular weight excluding hydrogens is 635 g/mol. The molecule has 0 amide bonds. The van der Waals surface area contributed by atoms with Crippen LogP contribution in [0.5, 0.6) is 11.5 Å². The Hall–Kier alpha value is 1.29. The van der Waals surface area contributed by atoms with E-state index in [9.17, 15) is 13.5 Å². The van der Waals surface area contributed by atoms with Crippen LogP contribution in [0.3, 0.4) is 0 Å². The van der Waals surface area contributed by atoms with Crippen molar-refractivity contribution in [3.63, 3.8) is 0 Å². The van der Waals surface area contributed by atoms with Gasteiger partial charge in [-0.3, -0.25) is 0 Å². The zero-order chi connectivity index (χ0) is 18.1. The van der Waals surface area contributed by atoms with Gasteiger partial charge in [-0.05, 0) is 56.1 Å². The molecule has 0 N–H and O–H groups in total. The standard InChI is InChI=1S/C15H10Br4O4S.K/c1-2-3-23-15-12(18)6-9(7-13(15)19)24(21,22)8-4-10(16)14(20)11(17)5-8;/h2,4-7,20H,1,3H2;/q;+1/p-1. The van der Waals surface area contributed by atoms with Gasteiger partial charge in [-0.2, -0.15) is 0 Å². The van der Waals surface area contributed by atoms with Gasteiger partial charge in [-0.15, -0.1) is 0 Å². The van der Waals surface area contributed by atoms with Gasteiger partial charge in [0.05, 0.1) is 18.7 Å². The van der Waals surface area contributed by atoms with E-state index in [0.717, 1.165) is 0 Å². The minimum Gasteiger partial charge on any atom is -0.871 e. The van der Waals surface area contributed by atoms with Crippen LogP contribution >= 0.6 is 63.7 Å². The van der Waals surface area contributed by atoms with Gasteiger partial charge in [-0.25, -0.2) is 8.42 Å². The second-order valence-electron chi connectivity index (χ2n) is 4.54. The quantitative estimate of drug-likeness (QED) is 0.371. The normalized spacial score (nSPS) is 10.9. The second-order valence-corrected chi connectivity index (χ2v) is 9.90. The van der Waals surface area contributed by atoms with Crippen LogP contribution in [0.1, 0.15) is 0 Å². The Morgan fingerprint density at radius 3 is 1.76 bits per heavy atom. The smallest absolute Gasteiger partial charge is 0.871 e. The molecular formula is C15H9Br4KO4S. The monoisotopic (exact) mass is 640 g/mol. The van der Waals surface area contributed by atoms with Crippen LogP contribution in [0.25, 0.3) is 0 Å². The Morgan fingerprint density at radius 1 is 0.960 bits per heavy atom. The molecule has 0 spiro atoms. The van der Waals surface area contributed by atoms with Crippen LogP contribution in [-0.4, -0.2) is 15.0 Å². The molecule has 0 aromatic heterocycles. The minimum absolute atomic E-state index is 0. The molecule has 4 nitrogen and oxygen atoms in total. The zero-order valence-electron chi connectivity index (χ0n) is 12.9. The van der Waals surface area contributed by atoms with Crippen molar-refractivity contribution < 1.29 is 69.6 Å². The van der Waals surface area contributed by atoms with E-state index < -0.39 is 9.84 Å². The van der Waals surface area contributed by atoms with E-state index in [2.05, 4.69) is 70.3 Å². The average Bonchev–Trinajstić information content (AvgIpc) is 2.51. The number of halogens is 4. The Bertz CT molecular complexity index is 870. The molecule has 0 atom stereocenters. The molecule has 2 aromatic carbocycles. The third-order valence-corrected chi connectivity index (χ3v) is 6.98. The summed E-state index contributed by atoms with van der Waals surface area (Å²) >= 11 is 12.8. The summed E-state index contributed by atoms with van der Waals surface area (Å²) in [7, 11) is -3.82. The van der Waals surface area contributed by atoms with Gasteiger partial charge in [0.15, 0.2) is 0 Å². The molecule has 0 aliphatic carbocycles. The van der Waals surface area contributed by atoms with Crippen molar-refractivity contribution in [3.8, 4) is 11.5 Å². The first-order chi connectivity index (χ1) is 11.2. The van der Waals surface area contributed by atoms with Gasteiger partial charge in [0.2, 0.25) is 9.84 Å². The van der Waals surface area contributed by atoms with E-state index >= 15 is 0 Å². The third-order valence-electron chi connectivity index (χ3n) is 2.91. The third kappa shape index (κ3) is 5.64. The van der Waals surface area contributed by atoms with E-state index in [0.29, 0.717) is 14.7 Å². The summed E-state index contributed by atoms with van der Waals surface area (Å²) in [5.41, 5.74) is 0. The topological polar surface area (TPSA) is 66.4 Å². The summed E-state index contributed by atoms with van der Waals surface area (Å²) in [6.45, 7) is 3.86. The van der Waals surface area contributed by atoms with Crippen LogP contribution in [0.2, 0.25) is 0 Å². The minimum atomic E-state index is -3.82. The van der Waals surface area contributed by atoms with Crippen molar-refractivity contribution in [2.24, 2.45) is 0 Å². The molecule has 0 aliphatic heterocycles. The summed E-state index contributed by atoms with van der Waals surface area (Å²) in [5, 5.41) is 11.7. The van der Waals surface area contributed by atoms with Crippen LogP contribution in [0.4, 0.5) is 0 Å². The molecule has 25 heavy (non-hydrogen) atoms. The molecule has 0 heterocycles. The largest absolute Gasteiger partial charge is 1.00 e. The maximum absolute atomic E-state index is 12.8. The number of hydrogen-bond donors (Lipinski definition) is 0. The number of ether oxygens (including phenoxy) is 1. The average molecular weight is 644 g/mol. The first kappa shape index (κ1) is 24.3. The molecule has 0 unspecified atom stereocenters. The maximum atomic E-state index is 12.8. The molecule has 0 bridgehead atoms. The molecule has 2 rings (SSSR count). The predicted molar refractivity (Wildman–Crippen MR) is 104 cm³/mol. The first-order valence-corrected chi connectivity index (χ1v) is 11.0. The van der Waals surface area contributed by atoms with Gasteiger partial charge >= 0.3 is 51.4 Å². The van der Waals surface area contributed by atoms with E-state index in [4.69, 9.17) is 4.74 Å².